The van der Waals surface area contributed by atoms with Crippen LogP contribution in [-0.2, 0) is 14.4 Å². The quantitative estimate of drug-likeness (QED) is 0.567. The van der Waals surface area contributed by atoms with Crippen LogP contribution >= 0.6 is 15.9 Å². The molecule has 0 aromatic heterocycles. The fourth-order valence-electron chi connectivity index (χ4n) is 6.06. The van der Waals surface area contributed by atoms with Gasteiger partial charge in [0.15, 0.2) is 0 Å². The third-order valence-corrected chi connectivity index (χ3v) is 8.33. The Morgan fingerprint density at radius 2 is 1.97 bits per heavy atom. The van der Waals surface area contributed by atoms with Crippen LogP contribution in [0.4, 0.5) is 0 Å². The van der Waals surface area contributed by atoms with Crippen molar-refractivity contribution in [1.29, 1.82) is 0 Å². The summed E-state index contributed by atoms with van der Waals surface area (Å²) in [5, 5.41) is 13.8. The van der Waals surface area contributed by atoms with E-state index in [0.717, 1.165) is 36.6 Å². The van der Waals surface area contributed by atoms with Crippen molar-refractivity contribution in [3.05, 3.63) is 28.2 Å². The van der Waals surface area contributed by atoms with Crippen LogP contribution in [0.15, 0.2) is 22.7 Å². The van der Waals surface area contributed by atoms with E-state index in [0.29, 0.717) is 17.7 Å². The van der Waals surface area contributed by atoms with E-state index in [-0.39, 0.29) is 23.8 Å². The molecule has 1 aliphatic carbocycles. The first-order valence-electron chi connectivity index (χ1n) is 11.5. The smallest absolute Gasteiger partial charge is 0.325 e. The highest BCUT2D eigenvalue weighted by Crippen LogP contribution is 2.54. The zero-order valence-electron chi connectivity index (χ0n) is 18.8. The Bertz CT molecular complexity index is 931. The van der Waals surface area contributed by atoms with E-state index in [1.807, 2.05) is 26.0 Å². The Morgan fingerprint density at radius 3 is 2.56 bits per heavy atom. The van der Waals surface area contributed by atoms with Gasteiger partial charge in [-0.1, -0.05) is 55.5 Å². The van der Waals surface area contributed by atoms with Crippen LogP contribution in [0.1, 0.15) is 64.0 Å². The molecule has 5 unspecified atom stereocenters. The largest absolute Gasteiger partial charge is 0.496 e. The lowest BCUT2D eigenvalue weighted by Gasteiger charge is -2.37. The van der Waals surface area contributed by atoms with Crippen molar-refractivity contribution >= 4 is 33.7 Å². The summed E-state index contributed by atoms with van der Waals surface area (Å²) in [4.78, 5) is 41.8. The average Bonchev–Trinajstić information content (AvgIpc) is 3.28. The highest BCUT2D eigenvalue weighted by atomic mass is 79.9. The van der Waals surface area contributed by atoms with Crippen molar-refractivity contribution in [3.8, 4) is 5.75 Å². The van der Waals surface area contributed by atoms with Crippen molar-refractivity contribution < 1.29 is 24.2 Å². The predicted octanol–water partition coefficient (Wildman–Crippen LogP) is 3.91. The number of halogens is 1. The molecule has 8 heteroatoms. The SMILES string of the molecule is CCC(C)C1(C(=O)O)NC(c2cc(Br)ccc2OC)C2C(=O)N(C3CCCCC3)C(=O)C21. The molecule has 2 amide bonds. The second-order valence-electron chi connectivity index (χ2n) is 9.33. The minimum Gasteiger partial charge on any atom is -0.496 e. The number of ether oxygens (including phenoxy) is 1. The van der Waals surface area contributed by atoms with E-state index < -0.39 is 29.4 Å². The first-order valence-corrected chi connectivity index (χ1v) is 12.3. The van der Waals surface area contributed by atoms with E-state index in [1.54, 1.807) is 13.2 Å². The van der Waals surface area contributed by atoms with Gasteiger partial charge in [0.2, 0.25) is 11.8 Å². The number of carbonyl (C=O) groups excluding carboxylic acids is 2. The van der Waals surface area contributed by atoms with Gasteiger partial charge >= 0.3 is 5.97 Å². The molecule has 0 spiro atoms. The number of methoxy groups -OCH3 is 1. The van der Waals surface area contributed by atoms with E-state index in [9.17, 15) is 19.5 Å². The Morgan fingerprint density at radius 1 is 1.28 bits per heavy atom. The van der Waals surface area contributed by atoms with Crippen LogP contribution in [0, 0.1) is 17.8 Å². The molecule has 1 saturated carbocycles. The standard InChI is InChI=1S/C24H31BrN2O5/c1-4-13(2)24(23(30)31)19-18(20(26-24)16-12-14(25)10-11-17(16)32-3)21(28)27(22(19)29)15-8-6-5-7-9-15/h10-13,15,18-20,26H,4-9H2,1-3H3,(H,30,31). The number of fused-ring (bicyclic) bond motifs is 1. The van der Waals surface area contributed by atoms with Crippen molar-refractivity contribution in [2.75, 3.05) is 7.11 Å². The molecule has 0 radical (unpaired) electrons. The number of hydrogen-bond donors (Lipinski definition) is 2. The molecular weight excluding hydrogens is 476 g/mol. The Balaban J connectivity index is 1.87. The van der Waals surface area contributed by atoms with Crippen molar-refractivity contribution in [2.24, 2.45) is 17.8 Å². The third-order valence-electron chi connectivity index (χ3n) is 7.84. The van der Waals surface area contributed by atoms with Gasteiger partial charge in [-0.25, -0.2) is 0 Å². The Kier molecular flexibility index (Phi) is 6.38. The number of likely N-dealkylation sites (tertiary alicyclic amines) is 1. The maximum absolute atomic E-state index is 13.8. The molecule has 2 saturated heterocycles. The third kappa shape index (κ3) is 3.37. The monoisotopic (exact) mass is 506 g/mol. The maximum Gasteiger partial charge on any atom is 0.325 e. The Hall–Kier alpha value is -1.93. The number of hydrogen-bond acceptors (Lipinski definition) is 5. The second kappa shape index (κ2) is 8.78. The summed E-state index contributed by atoms with van der Waals surface area (Å²) in [6.07, 6.45) is 5.21. The van der Waals surface area contributed by atoms with Crippen molar-refractivity contribution in [3.63, 3.8) is 0 Å². The molecular formula is C24H31BrN2O5. The van der Waals surface area contributed by atoms with Crippen LogP contribution in [0.5, 0.6) is 5.75 Å². The summed E-state index contributed by atoms with van der Waals surface area (Å²) in [6.45, 7) is 3.76. The van der Waals surface area contributed by atoms with Gasteiger partial charge in [-0.2, -0.15) is 0 Å². The molecule has 3 aliphatic rings. The number of nitrogens with one attached hydrogen (secondary N) is 1. The van der Waals surface area contributed by atoms with Gasteiger partial charge in [0, 0.05) is 22.1 Å². The molecule has 1 aromatic carbocycles. The number of carboxylic acid groups (broad SMARTS) is 1. The molecule has 174 valence electrons. The van der Waals surface area contributed by atoms with Crippen molar-refractivity contribution in [2.45, 2.75) is 70.0 Å². The predicted molar refractivity (Wildman–Crippen MR) is 122 cm³/mol. The van der Waals surface area contributed by atoms with Crippen LogP contribution in [0.3, 0.4) is 0 Å². The molecule has 1 aromatic rings. The lowest BCUT2D eigenvalue weighted by atomic mass is 9.72. The Labute approximate surface area is 197 Å². The van der Waals surface area contributed by atoms with Crippen LogP contribution in [0.25, 0.3) is 0 Å². The highest BCUT2D eigenvalue weighted by molar-refractivity contribution is 9.10. The lowest BCUT2D eigenvalue weighted by molar-refractivity contribution is -0.155. The van der Waals surface area contributed by atoms with Gasteiger partial charge < -0.3 is 9.84 Å². The fourth-order valence-corrected chi connectivity index (χ4v) is 6.44. The van der Waals surface area contributed by atoms with Gasteiger partial charge in [-0.05, 0) is 37.0 Å². The second-order valence-corrected chi connectivity index (χ2v) is 10.2. The molecule has 4 rings (SSSR count). The number of rotatable bonds is 6. The van der Waals surface area contributed by atoms with Crippen LogP contribution in [0.2, 0.25) is 0 Å². The minimum atomic E-state index is -1.52. The number of carbonyl (C=O) groups is 3. The molecule has 7 nitrogen and oxygen atoms in total. The molecule has 5 atom stereocenters. The summed E-state index contributed by atoms with van der Waals surface area (Å²) in [5.74, 6) is -3.18. The van der Waals surface area contributed by atoms with E-state index in [1.165, 1.54) is 4.90 Å². The number of nitrogens with zero attached hydrogens (tertiary/aromatic N) is 1. The van der Waals surface area contributed by atoms with E-state index in [4.69, 9.17) is 4.74 Å². The summed E-state index contributed by atoms with van der Waals surface area (Å²) >= 11 is 3.48. The number of amides is 2. The van der Waals surface area contributed by atoms with Gasteiger partial charge in [0.1, 0.15) is 11.3 Å². The number of carboxylic acids is 1. The molecule has 32 heavy (non-hydrogen) atoms. The van der Waals surface area contributed by atoms with Crippen molar-refractivity contribution in [1.82, 2.24) is 10.2 Å². The molecule has 2 aliphatic heterocycles. The zero-order valence-corrected chi connectivity index (χ0v) is 20.4. The minimum absolute atomic E-state index is 0.136. The summed E-state index contributed by atoms with van der Waals surface area (Å²) in [6, 6.07) is 4.71. The van der Waals surface area contributed by atoms with Crippen LogP contribution in [-0.4, -0.2) is 46.5 Å². The topological polar surface area (TPSA) is 95.9 Å². The van der Waals surface area contributed by atoms with Gasteiger partial charge in [-0.15, -0.1) is 0 Å². The summed E-state index contributed by atoms with van der Waals surface area (Å²) in [7, 11) is 1.55. The van der Waals surface area contributed by atoms with E-state index >= 15 is 0 Å². The number of benzene rings is 1. The van der Waals surface area contributed by atoms with Gasteiger partial charge in [0.25, 0.3) is 0 Å². The first kappa shape index (κ1) is 23.2. The van der Waals surface area contributed by atoms with Gasteiger partial charge in [0.05, 0.1) is 18.9 Å². The van der Waals surface area contributed by atoms with Crippen LogP contribution < -0.4 is 10.1 Å². The maximum atomic E-state index is 13.8. The normalized spacial score (nSPS) is 31.6. The highest BCUT2D eigenvalue weighted by Gasteiger charge is 2.70. The first-order chi connectivity index (χ1) is 15.3. The molecule has 0 bridgehead atoms. The zero-order chi connectivity index (χ0) is 23.2. The number of aliphatic carboxylic acids is 1. The van der Waals surface area contributed by atoms with Gasteiger partial charge in [-0.3, -0.25) is 24.6 Å². The summed E-state index contributed by atoms with van der Waals surface area (Å²) < 4.78 is 6.36. The number of imide groups is 1. The molecule has 2 heterocycles. The van der Waals surface area contributed by atoms with E-state index in [2.05, 4.69) is 21.2 Å². The summed E-state index contributed by atoms with van der Waals surface area (Å²) in [5.41, 5.74) is -0.830. The lowest BCUT2D eigenvalue weighted by Crippen LogP contribution is -2.60. The molecule has 3 fully saturated rings. The molecule has 2 N–H and O–H groups in total. The fraction of sp³-hybridized carbons (Fsp3) is 0.625. The average molecular weight is 507 g/mol.